The van der Waals surface area contributed by atoms with Gasteiger partial charge in [0.1, 0.15) is 30.0 Å². The van der Waals surface area contributed by atoms with Gasteiger partial charge in [-0.3, -0.25) is 9.36 Å². The van der Waals surface area contributed by atoms with Gasteiger partial charge >= 0.3 is 0 Å². The first-order chi connectivity index (χ1) is 19.6. The molecular weight excluding hydrogens is 504 g/mol. The van der Waals surface area contributed by atoms with Gasteiger partial charge in [-0.1, -0.05) is 6.42 Å². The topological polar surface area (TPSA) is 90.4 Å². The molecule has 2 aromatic heterocycles. The molecule has 3 atom stereocenters. The number of fused-ring (bicyclic) bond motifs is 1. The fourth-order valence-corrected chi connectivity index (χ4v) is 5.82. The highest BCUT2D eigenvalue weighted by molar-refractivity contribution is 5.83. The van der Waals surface area contributed by atoms with Crippen molar-refractivity contribution < 1.29 is 14.2 Å². The summed E-state index contributed by atoms with van der Waals surface area (Å²) in [6.07, 6.45) is 13.4. The first-order valence-corrected chi connectivity index (χ1v) is 14.5. The van der Waals surface area contributed by atoms with Crippen molar-refractivity contribution in [2.45, 2.75) is 76.7 Å². The van der Waals surface area contributed by atoms with Gasteiger partial charge in [-0.05, 0) is 98.9 Å². The van der Waals surface area contributed by atoms with Crippen LogP contribution < -0.4 is 20.3 Å². The van der Waals surface area contributed by atoms with Crippen LogP contribution in [-0.4, -0.2) is 46.0 Å². The fraction of sp³-hybridized carbons (Fsp3) is 0.438. The number of benzene rings is 2. The highest BCUT2D eigenvalue weighted by atomic mass is 16.5. The lowest BCUT2D eigenvalue weighted by Gasteiger charge is -2.23. The number of aryl methyl sites for hydroxylation is 1. The molecule has 8 nitrogen and oxygen atoms in total. The van der Waals surface area contributed by atoms with Crippen LogP contribution in [0.1, 0.15) is 56.3 Å². The van der Waals surface area contributed by atoms with E-state index in [0.29, 0.717) is 18.0 Å². The summed E-state index contributed by atoms with van der Waals surface area (Å²) in [5, 5.41) is 5.17. The summed E-state index contributed by atoms with van der Waals surface area (Å²) in [6, 6.07) is 14.0. The first kappa shape index (κ1) is 26.6. The van der Waals surface area contributed by atoms with E-state index in [1.807, 2.05) is 61.8 Å². The van der Waals surface area contributed by atoms with Crippen LogP contribution in [0.5, 0.6) is 11.5 Å². The van der Waals surface area contributed by atoms with Crippen molar-refractivity contribution in [1.82, 2.24) is 19.9 Å². The molecule has 1 saturated heterocycles. The van der Waals surface area contributed by atoms with Crippen molar-refractivity contribution in [3.8, 4) is 17.2 Å². The Hall–Kier alpha value is -3.62. The number of aromatic amines is 1. The highest BCUT2D eigenvalue weighted by Crippen LogP contribution is 2.28. The van der Waals surface area contributed by atoms with Crippen LogP contribution in [-0.2, 0) is 11.3 Å². The molecule has 40 heavy (non-hydrogen) atoms. The second-order valence-electron chi connectivity index (χ2n) is 11.0. The third-order valence-corrected chi connectivity index (χ3v) is 8.05. The summed E-state index contributed by atoms with van der Waals surface area (Å²) >= 11 is 0. The maximum Gasteiger partial charge on any atom is 0.262 e. The van der Waals surface area contributed by atoms with E-state index >= 15 is 0 Å². The highest BCUT2D eigenvalue weighted by Gasteiger charge is 2.22. The number of nitrogens with one attached hydrogen (secondary N) is 2. The summed E-state index contributed by atoms with van der Waals surface area (Å²) < 4.78 is 19.8. The number of hydrogen-bond acceptors (Lipinski definition) is 6. The molecule has 1 saturated carbocycles. The van der Waals surface area contributed by atoms with Crippen molar-refractivity contribution in [3.05, 3.63) is 82.8 Å². The van der Waals surface area contributed by atoms with Crippen molar-refractivity contribution in [2.75, 3.05) is 13.2 Å². The Balaban J connectivity index is 1.13. The van der Waals surface area contributed by atoms with Crippen LogP contribution in [0.15, 0.2) is 65.8 Å². The van der Waals surface area contributed by atoms with Crippen molar-refractivity contribution >= 4 is 10.8 Å². The molecule has 6 rings (SSSR count). The van der Waals surface area contributed by atoms with E-state index in [1.165, 1.54) is 6.42 Å². The van der Waals surface area contributed by atoms with Crippen molar-refractivity contribution in [3.63, 3.8) is 0 Å². The lowest BCUT2D eigenvalue weighted by atomic mass is 10.1. The molecule has 1 unspecified atom stereocenters. The normalized spacial score (nSPS) is 21.4. The average Bonchev–Trinajstić information content (AvgIpc) is 3.64. The van der Waals surface area contributed by atoms with Crippen LogP contribution >= 0.6 is 0 Å². The second-order valence-corrected chi connectivity index (χ2v) is 11.0. The van der Waals surface area contributed by atoms with E-state index in [0.717, 1.165) is 85.6 Å². The molecule has 0 bridgehead atoms. The molecule has 2 aromatic carbocycles. The summed E-state index contributed by atoms with van der Waals surface area (Å²) in [7, 11) is 0. The zero-order valence-corrected chi connectivity index (χ0v) is 23.1. The molecule has 2 N–H and O–H groups in total. The molecule has 0 amide bonds. The standard InChI is InChI=1S/C32H38N4O4/c1-22-17-25(8-11-30(22)40-27-6-3-2-5-24(19-27)35-20-31-33-13-14-34-31)36-15-12-23-18-26(9-10-29(23)32(36)37)39-21-28-7-4-16-38-28/h8-15,17-18,24,27-28,35H,2-7,16,19-21H2,1H3,(H,33,34)/t24?,27-,28+/m0/s1. The lowest BCUT2D eigenvalue weighted by Crippen LogP contribution is -2.33. The Morgan fingerprint density at radius 1 is 1.10 bits per heavy atom. The largest absolute Gasteiger partial charge is 0.491 e. The smallest absolute Gasteiger partial charge is 0.262 e. The van der Waals surface area contributed by atoms with E-state index in [1.54, 1.807) is 10.8 Å². The quantitative estimate of drug-likeness (QED) is 0.274. The summed E-state index contributed by atoms with van der Waals surface area (Å²) in [4.78, 5) is 20.9. The zero-order chi connectivity index (χ0) is 27.3. The summed E-state index contributed by atoms with van der Waals surface area (Å²) in [5.41, 5.74) is 1.80. The predicted molar refractivity (Wildman–Crippen MR) is 155 cm³/mol. The van der Waals surface area contributed by atoms with Gasteiger partial charge in [0.2, 0.25) is 0 Å². The second kappa shape index (κ2) is 12.3. The SMILES string of the molecule is Cc1cc(-n2ccc3cc(OC[C@H]4CCCO4)ccc3c2=O)ccc1O[C@H]1CCCCC(NCc2ncc[nH]2)C1. The Labute approximate surface area is 234 Å². The Kier molecular flexibility index (Phi) is 8.16. The minimum Gasteiger partial charge on any atom is -0.491 e. The predicted octanol–water partition coefficient (Wildman–Crippen LogP) is 5.45. The monoisotopic (exact) mass is 542 g/mol. The van der Waals surface area contributed by atoms with Crippen molar-refractivity contribution in [2.24, 2.45) is 0 Å². The van der Waals surface area contributed by atoms with E-state index in [-0.39, 0.29) is 17.8 Å². The number of hydrogen-bond donors (Lipinski definition) is 2. The van der Waals surface area contributed by atoms with Crippen LogP contribution in [0.2, 0.25) is 0 Å². The summed E-state index contributed by atoms with van der Waals surface area (Å²) in [5.74, 6) is 2.59. The molecule has 210 valence electrons. The van der Waals surface area contributed by atoms with Crippen LogP contribution in [0.4, 0.5) is 0 Å². The molecule has 3 heterocycles. The fourth-order valence-electron chi connectivity index (χ4n) is 5.82. The van der Waals surface area contributed by atoms with Gasteiger partial charge in [-0.15, -0.1) is 0 Å². The maximum absolute atomic E-state index is 13.4. The van der Waals surface area contributed by atoms with E-state index in [9.17, 15) is 4.79 Å². The van der Waals surface area contributed by atoms with Gasteiger partial charge in [-0.2, -0.15) is 0 Å². The van der Waals surface area contributed by atoms with E-state index < -0.39 is 0 Å². The van der Waals surface area contributed by atoms with Gasteiger partial charge in [0.15, 0.2) is 0 Å². The minimum atomic E-state index is -0.0505. The number of rotatable bonds is 9. The Morgan fingerprint density at radius 2 is 2.02 bits per heavy atom. The van der Waals surface area contributed by atoms with E-state index in [4.69, 9.17) is 14.2 Å². The third-order valence-electron chi connectivity index (χ3n) is 8.05. The molecule has 1 aliphatic heterocycles. The molecule has 0 radical (unpaired) electrons. The zero-order valence-electron chi connectivity index (χ0n) is 23.1. The molecule has 1 aliphatic carbocycles. The number of nitrogens with zero attached hydrogens (tertiary/aromatic N) is 2. The third kappa shape index (κ3) is 6.24. The van der Waals surface area contributed by atoms with Gasteiger partial charge in [0.25, 0.3) is 5.56 Å². The maximum atomic E-state index is 13.4. The minimum absolute atomic E-state index is 0.0505. The number of aromatic nitrogens is 3. The molecule has 4 aromatic rings. The first-order valence-electron chi connectivity index (χ1n) is 14.5. The summed E-state index contributed by atoms with van der Waals surface area (Å²) in [6.45, 7) is 4.14. The molecule has 2 aliphatic rings. The molecule has 8 heteroatoms. The van der Waals surface area contributed by atoms with Crippen LogP contribution in [0.25, 0.3) is 16.5 Å². The number of imidazole rings is 1. The Morgan fingerprint density at radius 3 is 2.85 bits per heavy atom. The molecule has 2 fully saturated rings. The Bertz CT molecular complexity index is 1480. The number of H-pyrrole nitrogens is 1. The van der Waals surface area contributed by atoms with Gasteiger partial charge in [-0.25, -0.2) is 4.98 Å². The van der Waals surface area contributed by atoms with Gasteiger partial charge in [0.05, 0.1) is 12.6 Å². The van der Waals surface area contributed by atoms with Gasteiger partial charge in [0, 0.05) is 42.3 Å². The van der Waals surface area contributed by atoms with Crippen molar-refractivity contribution in [1.29, 1.82) is 0 Å². The van der Waals surface area contributed by atoms with E-state index in [2.05, 4.69) is 15.3 Å². The number of ether oxygens (including phenoxy) is 3. The lowest BCUT2D eigenvalue weighted by molar-refractivity contribution is 0.0680. The van der Waals surface area contributed by atoms with Gasteiger partial charge < -0.3 is 24.5 Å². The molecular formula is C32H38N4O4. The number of pyridine rings is 1. The molecule has 0 spiro atoms. The van der Waals surface area contributed by atoms with Crippen LogP contribution in [0, 0.1) is 6.92 Å². The average molecular weight is 543 g/mol. The van der Waals surface area contributed by atoms with Crippen LogP contribution in [0.3, 0.4) is 0 Å².